The van der Waals surface area contributed by atoms with E-state index in [1.54, 1.807) is 0 Å². The van der Waals surface area contributed by atoms with Gasteiger partial charge in [-0.3, -0.25) is 0 Å². The molecule has 0 unspecified atom stereocenters. The second-order valence-electron chi connectivity index (χ2n) is 7.82. The van der Waals surface area contributed by atoms with E-state index in [1.807, 2.05) is 0 Å². The molecule has 1 saturated carbocycles. The van der Waals surface area contributed by atoms with Crippen molar-refractivity contribution in [1.82, 2.24) is 0 Å². The lowest BCUT2D eigenvalue weighted by Gasteiger charge is -2.35. The molecule has 0 N–H and O–H groups in total. The summed E-state index contributed by atoms with van der Waals surface area (Å²) in [6.45, 7) is 14.2. The molecule has 0 saturated heterocycles. The Morgan fingerprint density at radius 2 is 1.61 bits per heavy atom. The van der Waals surface area contributed by atoms with Gasteiger partial charge in [-0.15, -0.1) is 0 Å². The van der Waals surface area contributed by atoms with Gasteiger partial charge >= 0.3 is 0 Å². The van der Waals surface area contributed by atoms with Gasteiger partial charge in [0.1, 0.15) is 0 Å². The molecule has 2 atom stereocenters. The van der Waals surface area contributed by atoms with E-state index in [2.05, 4.69) is 51.1 Å². The molecule has 106 valence electrons. The minimum absolute atomic E-state index is 0.539. The summed E-state index contributed by atoms with van der Waals surface area (Å²) in [4.78, 5) is 0. The molecule has 0 amide bonds. The molecule has 0 aliphatic heterocycles. The fourth-order valence-electron chi connectivity index (χ4n) is 2.65. The highest BCUT2D eigenvalue weighted by atomic mass is 28.4. The van der Waals surface area contributed by atoms with Crippen LogP contribution in [0.25, 0.3) is 0 Å². The van der Waals surface area contributed by atoms with Crippen molar-refractivity contribution in [3.8, 4) is 0 Å². The lowest BCUT2D eigenvalue weighted by Crippen LogP contribution is -2.37. The summed E-state index contributed by atoms with van der Waals surface area (Å²) < 4.78 is 6.39. The van der Waals surface area contributed by atoms with Gasteiger partial charge in [0.15, 0.2) is 8.32 Å². The molecule has 0 aromatic rings. The maximum atomic E-state index is 6.39. The summed E-state index contributed by atoms with van der Waals surface area (Å²) in [5.74, 6) is 0.776. The van der Waals surface area contributed by atoms with Gasteiger partial charge in [0.2, 0.25) is 0 Å². The number of hydrogen-bond acceptors (Lipinski definition) is 1. The average Bonchev–Trinajstić information content (AvgIpc) is 2.16. The standard InChI is InChI=1S/C15H32OSi2/c1-17(2,3)13-9-11-14-10-7-8-12-15(14)16-18(4,5)6/h9,13-15H,7-8,10-12H2,1-6H3/b13-9+/t14-,15+/m0/s1. The van der Waals surface area contributed by atoms with E-state index < -0.39 is 16.4 Å². The molecule has 1 aliphatic carbocycles. The molecular formula is C15H32OSi2. The van der Waals surface area contributed by atoms with Crippen molar-refractivity contribution < 1.29 is 4.43 Å². The van der Waals surface area contributed by atoms with Crippen molar-refractivity contribution in [3.63, 3.8) is 0 Å². The van der Waals surface area contributed by atoms with Crippen molar-refractivity contribution in [1.29, 1.82) is 0 Å². The molecule has 0 spiro atoms. The van der Waals surface area contributed by atoms with E-state index in [4.69, 9.17) is 4.43 Å². The molecule has 0 bridgehead atoms. The quantitative estimate of drug-likeness (QED) is 0.629. The van der Waals surface area contributed by atoms with Crippen LogP contribution in [0.5, 0.6) is 0 Å². The molecule has 1 nitrogen and oxygen atoms in total. The predicted octanol–water partition coefficient (Wildman–Crippen LogP) is 5.22. The first-order valence-corrected chi connectivity index (χ1v) is 14.5. The third-order valence-corrected chi connectivity index (χ3v) is 5.65. The van der Waals surface area contributed by atoms with Crippen LogP contribution < -0.4 is 0 Å². The Bertz CT molecular complexity index is 273. The molecule has 0 heterocycles. The highest BCUT2D eigenvalue weighted by molar-refractivity contribution is 6.80. The molecule has 3 heteroatoms. The van der Waals surface area contributed by atoms with E-state index in [0.29, 0.717) is 6.10 Å². The zero-order chi connectivity index (χ0) is 13.8. The van der Waals surface area contributed by atoms with Crippen LogP contribution in [-0.4, -0.2) is 22.5 Å². The largest absolute Gasteiger partial charge is 0.414 e. The van der Waals surface area contributed by atoms with Gasteiger partial charge in [0, 0.05) is 6.10 Å². The summed E-state index contributed by atoms with van der Waals surface area (Å²) in [6.07, 6.45) is 9.64. The predicted molar refractivity (Wildman–Crippen MR) is 87.3 cm³/mol. The van der Waals surface area contributed by atoms with Gasteiger partial charge < -0.3 is 4.43 Å². The van der Waals surface area contributed by atoms with Crippen LogP contribution in [0, 0.1) is 5.92 Å². The number of rotatable bonds is 5. The van der Waals surface area contributed by atoms with Gasteiger partial charge in [-0.1, -0.05) is 44.3 Å². The highest BCUT2D eigenvalue weighted by Crippen LogP contribution is 2.31. The molecule has 1 fully saturated rings. The summed E-state index contributed by atoms with van der Waals surface area (Å²) in [6, 6.07) is 0. The monoisotopic (exact) mass is 284 g/mol. The third kappa shape index (κ3) is 6.90. The Labute approximate surface area is 116 Å². The SMILES string of the molecule is C[Si](C)(C)/C=C/C[C@@H]1CCCC[C@H]1O[Si](C)(C)C. The van der Waals surface area contributed by atoms with Crippen LogP contribution in [0.2, 0.25) is 39.3 Å². The molecule has 1 rings (SSSR count). The van der Waals surface area contributed by atoms with Gasteiger partial charge in [-0.25, -0.2) is 0 Å². The zero-order valence-electron chi connectivity index (χ0n) is 13.3. The lowest BCUT2D eigenvalue weighted by atomic mass is 9.84. The van der Waals surface area contributed by atoms with E-state index in [-0.39, 0.29) is 0 Å². The van der Waals surface area contributed by atoms with E-state index in [1.165, 1.54) is 32.1 Å². The Morgan fingerprint density at radius 1 is 1.00 bits per heavy atom. The number of allylic oxidation sites excluding steroid dienone is 1. The smallest absolute Gasteiger partial charge is 0.184 e. The fraction of sp³-hybridized carbons (Fsp3) is 0.867. The van der Waals surface area contributed by atoms with E-state index in [9.17, 15) is 0 Å². The van der Waals surface area contributed by atoms with Crippen molar-refractivity contribution in [2.24, 2.45) is 5.92 Å². The van der Waals surface area contributed by atoms with Crippen LogP contribution in [0.3, 0.4) is 0 Å². The van der Waals surface area contributed by atoms with Crippen molar-refractivity contribution >= 4 is 16.4 Å². The molecule has 18 heavy (non-hydrogen) atoms. The van der Waals surface area contributed by atoms with Crippen molar-refractivity contribution in [2.75, 3.05) is 0 Å². The molecular weight excluding hydrogens is 252 g/mol. The Balaban J connectivity index is 2.52. The van der Waals surface area contributed by atoms with Gasteiger partial charge in [-0.2, -0.15) is 0 Å². The summed E-state index contributed by atoms with van der Waals surface area (Å²) in [7, 11) is -2.40. The molecule has 0 aromatic carbocycles. The van der Waals surface area contributed by atoms with Crippen LogP contribution in [0.15, 0.2) is 11.8 Å². The fourth-order valence-corrected chi connectivity index (χ4v) is 4.71. The average molecular weight is 285 g/mol. The van der Waals surface area contributed by atoms with Crippen molar-refractivity contribution in [3.05, 3.63) is 11.8 Å². The molecule has 0 radical (unpaired) electrons. The van der Waals surface area contributed by atoms with E-state index in [0.717, 1.165) is 5.92 Å². The van der Waals surface area contributed by atoms with Crippen LogP contribution in [0.4, 0.5) is 0 Å². The third-order valence-electron chi connectivity index (χ3n) is 3.40. The van der Waals surface area contributed by atoms with Crippen LogP contribution in [-0.2, 0) is 4.43 Å². The molecule has 1 aliphatic rings. The second-order valence-corrected chi connectivity index (χ2v) is 17.3. The van der Waals surface area contributed by atoms with Crippen LogP contribution >= 0.6 is 0 Å². The highest BCUT2D eigenvalue weighted by Gasteiger charge is 2.29. The number of hydrogen-bond donors (Lipinski definition) is 0. The summed E-state index contributed by atoms with van der Waals surface area (Å²) >= 11 is 0. The maximum Gasteiger partial charge on any atom is 0.184 e. The van der Waals surface area contributed by atoms with Crippen molar-refractivity contribution in [2.45, 2.75) is 77.5 Å². The minimum Gasteiger partial charge on any atom is -0.414 e. The normalized spacial score (nSPS) is 26.8. The minimum atomic E-state index is -1.38. The first kappa shape index (κ1) is 16.2. The topological polar surface area (TPSA) is 9.23 Å². The Kier molecular flexibility index (Phi) is 5.87. The maximum absolute atomic E-state index is 6.39. The molecule has 0 aromatic heterocycles. The summed E-state index contributed by atoms with van der Waals surface area (Å²) in [5.41, 5.74) is 2.49. The lowest BCUT2D eigenvalue weighted by molar-refractivity contribution is 0.0875. The van der Waals surface area contributed by atoms with Crippen LogP contribution in [0.1, 0.15) is 32.1 Å². The van der Waals surface area contributed by atoms with Gasteiger partial charge in [-0.05, 0) is 44.8 Å². The first-order chi connectivity index (χ1) is 8.17. The van der Waals surface area contributed by atoms with E-state index >= 15 is 0 Å². The Hall–Kier alpha value is 0.134. The van der Waals surface area contributed by atoms with Gasteiger partial charge in [0.25, 0.3) is 0 Å². The first-order valence-electron chi connectivity index (χ1n) is 7.53. The zero-order valence-corrected chi connectivity index (χ0v) is 15.3. The Morgan fingerprint density at radius 3 is 2.17 bits per heavy atom. The summed E-state index contributed by atoms with van der Waals surface area (Å²) in [5, 5.41) is 0. The van der Waals surface area contributed by atoms with Gasteiger partial charge in [0.05, 0.1) is 8.07 Å². The second kappa shape index (κ2) is 6.53.